The number of hydrogen-bond acceptors (Lipinski definition) is 3. The number of thioether (sulfide) groups is 1. The molecular formula is C11H18N2OS. The molecule has 1 saturated heterocycles. The molecule has 0 saturated carbocycles. The summed E-state index contributed by atoms with van der Waals surface area (Å²) in [5, 5.41) is 0. The first-order valence-electron chi connectivity index (χ1n) is 5.56. The fraction of sp³-hybridized carbons (Fsp3) is 0.727. The molecule has 0 unspecified atom stereocenters. The van der Waals surface area contributed by atoms with Crippen LogP contribution in [0.15, 0.2) is 18.7 Å². The van der Waals surface area contributed by atoms with Gasteiger partial charge < -0.3 is 9.30 Å². The van der Waals surface area contributed by atoms with Crippen LogP contribution in [0.4, 0.5) is 0 Å². The number of ether oxygens (including phenoxy) is 1. The summed E-state index contributed by atoms with van der Waals surface area (Å²) in [5.74, 6) is 3.20. The molecule has 0 aromatic carbocycles. The molecule has 0 amide bonds. The van der Waals surface area contributed by atoms with Crippen molar-refractivity contribution in [2.45, 2.75) is 19.4 Å². The number of aryl methyl sites for hydroxylation is 1. The van der Waals surface area contributed by atoms with E-state index in [0.29, 0.717) is 0 Å². The molecular weight excluding hydrogens is 208 g/mol. The van der Waals surface area contributed by atoms with Gasteiger partial charge in [-0.25, -0.2) is 4.98 Å². The molecule has 2 heterocycles. The standard InChI is InChI=1S/C11H18N2OS/c1-2-11(8-14-6-1)9-15-7-5-13-4-3-12-10-13/h3-4,10-11H,1-2,5-9H2/t11-/m1/s1. The molecule has 1 fully saturated rings. The Bertz CT molecular complexity index is 258. The average molecular weight is 226 g/mol. The lowest BCUT2D eigenvalue weighted by atomic mass is 10.1. The van der Waals surface area contributed by atoms with Gasteiger partial charge in [-0.1, -0.05) is 0 Å². The second kappa shape index (κ2) is 6.18. The maximum Gasteiger partial charge on any atom is 0.0946 e. The van der Waals surface area contributed by atoms with E-state index in [9.17, 15) is 0 Å². The van der Waals surface area contributed by atoms with Crippen LogP contribution in [0, 0.1) is 5.92 Å². The molecule has 84 valence electrons. The summed E-state index contributed by atoms with van der Waals surface area (Å²) in [6, 6.07) is 0. The van der Waals surface area contributed by atoms with Crippen molar-refractivity contribution >= 4 is 11.8 Å². The first-order valence-corrected chi connectivity index (χ1v) is 6.72. The minimum absolute atomic E-state index is 0.784. The van der Waals surface area contributed by atoms with E-state index in [1.165, 1.54) is 24.3 Å². The van der Waals surface area contributed by atoms with Crippen molar-refractivity contribution in [3.8, 4) is 0 Å². The third-order valence-corrected chi connectivity index (χ3v) is 3.84. The van der Waals surface area contributed by atoms with E-state index in [1.54, 1.807) is 0 Å². The van der Waals surface area contributed by atoms with Crippen molar-refractivity contribution in [3.63, 3.8) is 0 Å². The second-order valence-corrected chi connectivity index (χ2v) is 5.11. The summed E-state index contributed by atoms with van der Waals surface area (Å²) in [6.07, 6.45) is 8.32. The average Bonchev–Trinajstić information content (AvgIpc) is 2.79. The van der Waals surface area contributed by atoms with E-state index >= 15 is 0 Å². The molecule has 1 aromatic heterocycles. The Morgan fingerprint density at radius 1 is 1.53 bits per heavy atom. The Hall–Kier alpha value is -0.480. The quantitative estimate of drug-likeness (QED) is 0.719. The van der Waals surface area contributed by atoms with E-state index in [-0.39, 0.29) is 0 Å². The van der Waals surface area contributed by atoms with Crippen LogP contribution in [0.2, 0.25) is 0 Å². The van der Waals surface area contributed by atoms with Gasteiger partial charge in [-0.15, -0.1) is 0 Å². The van der Waals surface area contributed by atoms with Gasteiger partial charge in [0.25, 0.3) is 0 Å². The van der Waals surface area contributed by atoms with Gasteiger partial charge in [0, 0.05) is 31.3 Å². The van der Waals surface area contributed by atoms with Crippen LogP contribution in [0.3, 0.4) is 0 Å². The van der Waals surface area contributed by atoms with Gasteiger partial charge in [0.1, 0.15) is 0 Å². The maximum absolute atomic E-state index is 5.46. The number of rotatable bonds is 5. The van der Waals surface area contributed by atoms with E-state index in [4.69, 9.17) is 4.74 Å². The van der Waals surface area contributed by atoms with Crippen LogP contribution in [-0.4, -0.2) is 34.3 Å². The molecule has 1 aliphatic rings. The Morgan fingerprint density at radius 3 is 3.27 bits per heavy atom. The van der Waals surface area contributed by atoms with Crippen LogP contribution < -0.4 is 0 Å². The molecule has 1 atom stereocenters. The van der Waals surface area contributed by atoms with Gasteiger partial charge >= 0.3 is 0 Å². The molecule has 2 rings (SSSR count). The summed E-state index contributed by atoms with van der Waals surface area (Å²) < 4.78 is 7.59. The van der Waals surface area contributed by atoms with E-state index in [2.05, 4.69) is 9.55 Å². The predicted octanol–water partition coefficient (Wildman–Crippen LogP) is 2.04. The summed E-state index contributed by atoms with van der Waals surface area (Å²) in [5.41, 5.74) is 0. The molecule has 0 N–H and O–H groups in total. The van der Waals surface area contributed by atoms with Gasteiger partial charge in [0.15, 0.2) is 0 Å². The van der Waals surface area contributed by atoms with Crippen LogP contribution in [0.5, 0.6) is 0 Å². The van der Waals surface area contributed by atoms with Crippen molar-refractivity contribution in [2.75, 3.05) is 24.7 Å². The second-order valence-electron chi connectivity index (χ2n) is 3.96. The fourth-order valence-corrected chi connectivity index (χ4v) is 2.88. The number of hydrogen-bond donors (Lipinski definition) is 0. The van der Waals surface area contributed by atoms with E-state index in [1.807, 2.05) is 30.5 Å². The van der Waals surface area contributed by atoms with Crippen molar-refractivity contribution < 1.29 is 4.74 Å². The van der Waals surface area contributed by atoms with Gasteiger partial charge in [0.2, 0.25) is 0 Å². The molecule has 0 aliphatic carbocycles. The number of nitrogens with zero attached hydrogens (tertiary/aromatic N) is 2. The SMILES string of the molecule is c1cn(CCSC[C@@H]2CCCOC2)cn1. The lowest BCUT2D eigenvalue weighted by molar-refractivity contribution is 0.0632. The Labute approximate surface area is 95.2 Å². The molecule has 0 bridgehead atoms. The smallest absolute Gasteiger partial charge is 0.0946 e. The van der Waals surface area contributed by atoms with Gasteiger partial charge in [0.05, 0.1) is 12.9 Å². The first kappa shape index (κ1) is 11.0. The van der Waals surface area contributed by atoms with Crippen molar-refractivity contribution in [2.24, 2.45) is 5.92 Å². The van der Waals surface area contributed by atoms with Gasteiger partial charge in [-0.2, -0.15) is 11.8 Å². The van der Waals surface area contributed by atoms with Crippen LogP contribution in [0.25, 0.3) is 0 Å². The van der Waals surface area contributed by atoms with Crippen molar-refractivity contribution in [3.05, 3.63) is 18.7 Å². The Balaban J connectivity index is 1.54. The van der Waals surface area contributed by atoms with Gasteiger partial charge in [-0.3, -0.25) is 0 Å². The van der Waals surface area contributed by atoms with E-state index in [0.717, 1.165) is 25.7 Å². The molecule has 1 aliphatic heterocycles. The lowest BCUT2D eigenvalue weighted by Crippen LogP contribution is -2.19. The summed E-state index contributed by atoms with van der Waals surface area (Å²) in [4.78, 5) is 4.02. The molecule has 0 radical (unpaired) electrons. The molecule has 1 aromatic rings. The zero-order valence-corrected chi connectivity index (χ0v) is 9.79. The Morgan fingerprint density at radius 2 is 2.53 bits per heavy atom. The third kappa shape index (κ3) is 3.87. The molecule has 3 nitrogen and oxygen atoms in total. The predicted molar refractivity (Wildman–Crippen MR) is 63.1 cm³/mol. The van der Waals surface area contributed by atoms with Crippen LogP contribution in [-0.2, 0) is 11.3 Å². The Kier molecular flexibility index (Phi) is 4.54. The van der Waals surface area contributed by atoms with Crippen molar-refractivity contribution in [1.82, 2.24) is 9.55 Å². The third-order valence-electron chi connectivity index (χ3n) is 2.66. The summed E-state index contributed by atoms with van der Waals surface area (Å²) in [7, 11) is 0. The minimum Gasteiger partial charge on any atom is -0.381 e. The lowest BCUT2D eigenvalue weighted by Gasteiger charge is -2.21. The van der Waals surface area contributed by atoms with Crippen LogP contribution in [0.1, 0.15) is 12.8 Å². The summed E-state index contributed by atoms with van der Waals surface area (Å²) >= 11 is 2.03. The largest absolute Gasteiger partial charge is 0.381 e. The highest BCUT2D eigenvalue weighted by atomic mass is 32.2. The summed E-state index contributed by atoms with van der Waals surface area (Å²) in [6.45, 7) is 3.01. The number of imidazole rings is 1. The topological polar surface area (TPSA) is 27.1 Å². The maximum atomic E-state index is 5.46. The highest BCUT2D eigenvalue weighted by Gasteiger charge is 2.13. The van der Waals surface area contributed by atoms with Crippen LogP contribution >= 0.6 is 11.8 Å². The monoisotopic (exact) mass is 226 g/mol. The molecule has 15 heavy (non-hydrogen) atoms. The highest BCUT2D eigenvalue weighted by Crippen LogP contribution is 2.18. The van der Waals surface area contributed by atoms with Crippen molar-refractivity contribution in [1.29, 1.82) is 0 Å². The number of aromatic nitrogens is 2. The normalized spacial score (nSPS) is 21.7. The molecule has 4 heteroatoms. The van der Waals surface area contributed by atoms with E-state index < -0.39 is 0 Å². The zero-order chi connectivity index (χ0) is 10.3. The minimum atomic E-state index is 0.784. The first-order chi connectivity index (χ1) is 7.45. The molecule has 0 spiro atoms. The van der Waals surface area contributed by atoms with Gasteiger partial charge in [-0.05, 0) is 24.5 Å². The zero-order valence-electron chi connectivity index (χ0n) is 8.97. The fourth-order valence-electron chi connectivity index (χ4n) is 1.78. The highest BCUT2D eigenvalue weighted by molar-refractivity contribution is 7.99.